The van der Waals surface area contributed by atoms with Crippen LogP contribution < -0.4 is 5.56 Å². The van der Waals surface area contributed by atoms with Crippen molar-refractivity contribution < 1.29 is 4.79 Å². The predicted octanol–water partition coefficient (Wildman–Crippen LogP) is 7.06. The van der Waals surface area contributed by atoms with Gasteiger partial charge in [-0.05, 0) is 86.0 Å². The van der Waals surface area contributed by atoms with Gasteiger partial charge in [0.05, 0.1) is 22.6 Å². The summed E-state index contributed by atoms with van der Waals surface area (Å²) in [5.74, 6) is 0.322. The molecule has 6 heteroatoms. The van der Waals surface area contributed by atoms with Crippen molar-refractivity contribution in [3.63, 3.8) is 0 Å². The van der Waals surface area contributed by atoms with E-state index in [-0.39, 0.29) is 11.5 Å². The molecule has 1 heterocycles. The first-order valence-corrected chi connectivity index (χ1v) is 12.9. The van der Waals surface area contributed by atoms with Gasteiger partial charge in [0.2, 0.25) is 0 Å². The summed E-state index contributed by atoms with van der Waals surface area (Å²) in [4.78, 5) is 34.6. The summed E-state index contributed by atoms with van der Waals surface area (Å²) in [5.41, 5.74) is 4.84. The Bertz CT molecular complexity index is 1680. The van der Waals surface area contributed by atoms with E-state index in [0.29, 0.717) is 33.9 Å². The molecule has 38 heavy (non-hydrogen) atoms. The summed E-state index contributed by atoms with van der Waals surface area (Å²) in [5, 5.41) is 1.09. The van der Waals surface area contributed by atoms with Gasteiger partial charge in [-0.15, -0.1) is 0 Å². The molecule has 1 unspecified atom stereocenters. The van der Waals surface area contributed by atoms with Crippen LogP contribution in [0.5, 0.6) is 0 Å². The number of benzene rings is 4. The Morgan fingerprint density at radius 1 is 0.895 bits per heavy atom. The van der Waals surface area contributed by atoms with Crippen molar-refractivity contribution >= 4 is 28.4 Å². The lowest BCUT2D eigenvalue weighted by molar-refractivity contribution is 0.0664. The van der Waals surface area contributed by atoms with E-state index in [1.54, 1.807) is 39.8 Å². The Morgan fingerprint density at radius 3 is 2.29 bits per heavy atom. The second kappa shape index (κ2) is 10.6. The molecule has 4 aromatic carbocycles. The van der Waals surface area contributed by atoms with E-state index in [0.717, 1.165) is 22.4 Å². The number of aryl methyl sites for hydroxylation is 2. The molecular weight excluding hydrogens is 494 g/mol. The highest BCUT2D eigenvalue weighted by atomic mass is 35.5. The number of carbonyl (C=O) groups is 1. The Labute approximate surface area is 227 Å². The highest BCUT2D eigenvalue weighted by Crippen LogP contribution is 2.27. The molecule has 5 rings (SSSR count). The number of nitrogens with zero attached hydrogens (tertiary/aromatic N) is 3. The molecule has 1 amide bonds. The van der Waals surface area contributed by atoms with Gasteiger partial charge < -0.3 is 4.90 Å². The van der Waals surface area contributed by atoms with Gasteiger partial charge in [0, 0.05) is 17.1 Å². The third-order valence-electron chi connectivity index (χ3n) is 6.94. The first-order chi connectivity index (χ1) is 18.3. The van der Waals surface area contributed by atoms with Crippen LogP contribution in [0.15, 0.2) is 102 Å². The Kier molecular flexibility index (Phi) is 7.12. The zero-order chi connectivity index (χ0) is 26.8. The molecule has 0 saturated heterocycles. The molecule has 1 aromatic heterocycles. The largest absolute Gasteiger partial charge is 0.324 e. The zero-order valence-electron chi connectivity index (χ0n) is 21.6. The predicted molar refractivity (Wildman–Crippen MR) is 153 cm³/mol. The summed E-state index contributed by atoms with van der Waals surface area (Å²) in [7, 11) is 0. The third kappa shape index (κ3) is 4.98. The Morgan fingerprint density at radius 2 is 1.58 bits per heavy atom. The van der Waals surface area contributed by atoms with Crippen molar-refractivity contribution in [1.29, 1.82) is 0 Å². The highest BCUT2D eigenvalue weighted by molar-refractivity contribution is 6.30. The van der Waals surface area contributed by atoms with Crippen molar-refractivity contribution in [1.82, 2.24) is 14.5 Å². The number of rotatable bonds is 6. The molecule has 0 aliphatic rings. The normalized spacial score (nSPS) is 11.9. The lowest BCUT2D eigenvalue weighted by Gasteiger charge is -2.31. The van der Waals surface area contributed by atoms with Gasteiger partial charge in [-0.25, -0.2) is 4.98 Å². The van der Waals surface area contributed by atoms with Crippen LogP contribution >= 0.6 is 11.6 Å². The number of amides is 1. The average Bonchev–Trinajstić information content (AvgIpc) is 2.93. The van der Waals surface area contributed by atoms with Crippen LogP contribution in [0.3, 0.4) is 0 Å². The Balaban J connectivity index is 1.71. The fourth-order valence-corrected chi connectivity index (χ4v) is 4.73. The van der Waals surface area contributed by atoms with Crippen molar-refractivity contribution in [3.05, 3.63) is 141 Å². The fourth-order valence-electron chi connectivity index (χ4n) is 4.61. The number of para-hydroxylation sites is 1. The van der Waals surface area contributed by atoms with Gasteiger partial charge in [-0.1, -0.05) is 60.1 Å². The van der Waals surface area contributed by atoms with Gasteiger partial charge in [0.15, 0.2) is 0 Å². The quantitative estimate of drug-likeness (QED) is 0.240. The van der Waals surface area contributed by atoms with E-state index in [1.165, 1.54) is 0 Å². The topological polar surface area (TPSA) is 55.2 Å². The molecule has 1 atom stereocenters. The van der Waals surface area contributed by atoms with Gasteiger partial charge in [-0.2, -0.15) is 0 Å². The van der Waals surface area contributed by atoms with E-state index in [4.69, 9.17) is 16.6 Å². The van der Waals surface area contributed by atoms with Crippen molar-refractivity contribution in [2.75, 3.05) is 0 Å². The number of fused-ring (bicyclic) bond motifs is 1. The molecule has 0 N–H and O–H groups in total. The minimum absolute atomic E-state index is 0.167. The van der Waals surface area contributed by atoms with E-state index >= 15 is 0 Å². The molecule has 0 aliphatic heterocycles. The van der Waals surface area contributed by atoms with Gasteiger partial charge in [0.25, 0.3) is 11.5 Å². The lowest BCUT2D eigenvalue weighted by Crippen LogP contribution is -2.37. The average molecular weight is 522 g/mol. The molecule has 190 valence electrons. The first-order valence-electron chi connectivity index (χ1n) is 12.5. The molecular formula is C32H28ClN3O2. The number of carbonyl (C=O) groups excluding carboxylic acids is 1. The van der Waals surface area contributed by atoms with Crippen LogP contribution in [-0.4, -0.2) is 20.4 Å². The molecule has 5 aromatic rings. The monoisotopic (exact) mass is 521 g/mol. The maximum atomic E-state index is 13.9. The van der Waals surface area contributed by atoms with E-state index in [2.05, 4.69) is 0 Å². The van der Waals surface area contributed by atoms with Crippen molar-refractivity contribution in [2.45, 2.75) is 33.4 Å². The Hall–Kier alpha value is -4.22. The summed E-state index contributed by atoms with van der Waals surface area (Å²) in [6.07, 6.45) is 0. The molecule has 5 nitrogen and oxygen atoms in total. The van der Waals surface area contributed by atoms with Crippen molar-refractivity contribution in [2.24, 2.45) is 0 Å². The second-order valence-electron chi connectivity index (χ2n) is 9.50. The summed E-state index contributed by atoms with van der Waals surface area (Å²) in [6.45, 7) is 6.33. The molecule has 0 saturated carbocycles. The molecule has 0 bridgehead atoms. The fraction of sp³-hybridized carbons (Fsp3) is 0.156. The minimum Gasteiger partial charge on any atom is -0.324 e. The molecule has 0 spiro atoms. The van der Waals surface area contributed by atoms with Crippen LogP contribution in [0, 0.1) is 13.8 Å². The second-order valence-corrected chi connectivity index (χ2v) is 9.93. The maximum Gasteiger partial charge on any atom is 0.266 e. The smallest absolute Gasteiger partial charge is 0.266 e. The van der Waals surface area contributed by atoms with Crippen LogP contribution in [0.25, 0.3) is 16.6 Å². The van der Waals surface area contributed by atoms with E-state index in [1.807, 2.05) is 87.5 Å². The standard InChI is InChI=1S/C32H28ClN3O2/c1-21-13-18-27(19-22(21)2)36-30(34-29-12-8-7-11-28(29)32(36)38)23(3)35(20-24-9-5-4-6-10-24)31(37)25-14-16-26(33)17-15-25/h4-19,23H,20H2,1-3H3. The summed E-state index contributed by atoms with van der Waals surface area (Å²) < 4.78 is 1.65. The number of aromatic nitrogens is 2. The van der Waals surface area contributed by atoms with Crippen LogP contribution in [0.2, 0.25) is 5.02 Å². The molecule has 0 radical (unpaired) electrons. The van der Waals surface area contributed by atoms with Gasteiger partial charge in [-0.3, -0.25) is 14.2 Å². The van der Waals surface area contributed by atoms with E-state index in [9.17, 15) is 9.59 Å². The molecule has 0 fully saturated rings. The number of hydrogen-bond donors (Lipinski definition) is 0. The van der Waals surface area contributed by atoms with Crippen LogP contribution in [-0.2, 0) is 6.54 Å². The van der Waals surface area contributed by atoms with Gasteiger partial charge >= 0.3 is 0 Å². The minimum atomic E-state index is -0.530. The number of hydrogen-bond acceptors (Lipinski definition) is 3. The van der Waals surface area contributed by atoms with Crippen LogP contribution in [0.4, 0.5) is 0 Å². The van der Waals surface area contributed by atoms with Gasteiger partial charge in [0.1, 0.15) is 5.82 Å². The summed E-state index contributed by atoms with van der Waals surface area (Å²) in [6, 6.07) is 29.4. The van der Waals surface area contributed by atoms with Crippen LogP contribution in [0.1, 0.15) is 45.8 Å². The zero-order valence-corrected chi connectivity index (χ0v) is 22.3. The molecule has 0 aliphatic carbocycles. The van der Waals surface area contributed by atoms with Crippen molar-refractivity contribution in [3.8, 4) is 5.69 Å². The number of halogens is 1. The maximum absolute atomic E-state index is 13.9. The first kappa shape index (κ1) is 25.4. The lowest BCUT2D eigenvalue weighted by atomic mass is 10.1. The van der Waals surface area contributed by atoms with E-state index < -0.39 is 6.04 Å². The SMILES string of the molecule is Cc1ccc(-n2c(C(C)N(Cc3ccccc3)C(=O)c3ccc(Cl)cc3)nc3ccccc3c2=O)cc1C. The summed E-state index contributed by atoms with van der Waals surface area (Å²) >= 11 is 6.10. The highest BCUT2D eigenvalue weighted by Gasteiger charge is 2.28. The third-order valence-corrected chi connectivity index (χ3v) is 7.19.